The van der Waals surface area contributed by atoms with Crippen LogP contribution in [0.25, 0.3) is 87.7 Å². The quantitative estimate of drug-likeness (QED) is 0.223. The first-order valence-electron chi connectivity index (χ1n) is 13.5. The second kappa shape index (κ2) is 7.10. The Morgan fingerprint density at radius 2 is 1.27 bits per heavy atom. The second-order valence-electron chi connectivity index (χ2n) is 10.5. The first-order valence-corrected chi connectivity index (χ1v) is 13.5. The molecule has 0 unspecified atom stereocenters. The van der Waals surface area contributed by atoms with E-state index in [-0.39, 0.29) is 0 Å². The van der Waals surface area contributed by atoms with E-state index in [0.717, 1.165) is 22.1 Å². The van der Waals surface area contributed by atoms with Gasteiger partial charge in [0.25, 0.3) is 0 Å². The third-order valence-electron chi connectivity index (χ3n) is 8.51. The van der Waals surface area contributed by atoms with Crippen molar-refractivity contribution in [1.29, 1.82) is 0 Å². The van der Waals surface area contributed by atoms with Crippen LogP contribution in [0.5, 0.6) is 0 Å². The summed E-state index contributed by atoms with van der Waals surface area (Å²) in [7, 11) is 0. The molecule has 0 bridgehead atoms. The Morgan fingerprint density at radius 1 is 0.500 bits per heavy atom. The first kappa shape index (κ1) is 20.4. The molecule has 10 rings (SSSR count). The van der Waals surface area contributed by atoms with Crippen LogP contribution in [0, 0.1) is 0 Å². The summed E-state index contributed by atoms with van der Waals surface area (Å²) >= 11 is 0. The smallest absolute Gasteiger partial charge is 0.235 e. The summed E-state index contributed by atoms with van der Waals surface area (Å²) in [5.41, 5.74) is 7.55. The molecule has 0 fully saturated rings. The van der Waals surface area contributed by atoms with Gasteiger partial charge in [0, 0.05) is 38.5 Å². The van der Waals surface area contributed by atoms with E-state index in [9.17, 15) is 0 Å². The maximum absolute atomic E-state index is 4.99. The number of nitrogens with zero attached hydrogens (tertiary/aromatic N) is 5. The van der Waals surface area contributed by atoms with Crippen LogP contribution in [0.1, 0.15) is 0 Å². The molecule has 40 heavy (non-hydrogen) atoms. The minimum atomic E-state index is 0.652. The summed E-state index contributed by atoms with van der Waals surface area (Å²) in [5.74, 6) is 0.652. The van der Waals surface area contributed by atoms with Gasteiger partial charge < -0.3 is 4.40 Å². The minimum Gasteiger partial charge on any atom is -0.308 e. The van der Waals surface area contributed by atoms with E-state index in [1.165, 1.54) is 59.6 Å². The number of rotatable bonds is 1. The first-order chi connectivity index (χ1) is 19.8. The van der Waals surface area contributed by atoms with Gasteiger partial charge in [0.2, 0.25) is 5.95 Å². The maximum Gasteiger partial charge on any atom is 0.235 e. The van der Waals surface area contributed by atoms with Gasteiger partial charge in [0.05, 0.1) is 39.3 Å². The number of para-hydroxylation sites is 2. The van der Waals surface area contributed by atoms with Crippen molar-refractivity contribution in [2.75, 3.05) is 0 Å². The van der Waals surface area contributed by atoms with Gasteiger partial charge in [-0.1, -0.05) is 60.7 Å². The Labute approximate surface area is 226 Å². The van der Waals surface area contributed by atoms with Crippen LogP contribution in [-0.2, 0) is 0 Å². The van der Waals surface area contributed by atoms with Crippen molar-refractivity contribution in [2.24, 2.45) is 0 Å². The van der Waals surface area contributed by atoms with Crippen molar-refractivity contribution in [3.05, 3.63) is 116 Å². The summed E-state index contributed by atoms with van der Waals surface area (Å²) in [5, 5.41) is 9.96. The van der Waals surface area contributed by atoms with Gasteiger partial charge in [-0.3, -0.25) is 9.55 Å². The standard InChI is InChI=1S/C35H19N5/c1-2-9-21-17-30-25(16-20(21)8-1)33-32-23-11-4-6-14-29(23)40(35-37-19-27-26(38-35)12-7-15-36-27)31(32)18-24-22-10-3-5-13-28(22)39(30)34(24)33/h1-19H. The molecule has 184 valence electrons. The Bertz CT molecular complexity index is 2660. The SMILES string of the molecule is c1ccc2cc3c(cc2c1)c1c2c4ccccc4n(-c4ncc5ncccc5n4)c2cc2c4ccccc4n3c21. The lowest BCUT2D eigenvalue weighted by Crippen LogP contribution is -2.01. The molecule has 0 spiro atoms. The molecule has 0 amide bonds. The second-order valence-corrected chi connectivity index (χ2v) is 10.5. The van der Waals surface area contributed by atoms with Gasteiger partial charge in [0.15, 0.2) is 0 Å². The molecule has 0 atom stereocenters. The van der Waals surface area contributed by atoms with Crippen molar-refractivity contribution < 1.29 is 0 Å². The van der Waals surface area contributed by atoms with Gasteiger partial charge in [-0.15, -0.1) is 0 Å². The minimum absolute atomic E-state index is 0.652. The highest BCUT2D eigenvalue weighted by atomic mass is 15.2. The third-order valence-corrected chi connectivity index (χ3v) is 8.51. The van der Waals surface area contributed by atoms with Gasteiger partial charge >= 0.3 is 0 Å². The van der Waals surface area contributed by atoms with E-state index >= 15 is 0 Å². The third kappa shape index (κ3) is 2.41. The van der Waals surface area contributed by atoms with Gasteiger partial charge in [-0.05, 0) is 53.2 Å². The number of aromatic nitrogens is 5. The highest BCUT2D eigenvalue weighted by Crippen LogP contribution is 2.47. The molecule has 10 aromatic rings. The largest absolute Gasteiger partial charge is 0.308 e. The highest BCUT2D eigenvalue weighted by Gasteiger charge is 2.24. The number of benzene rings is 5. The molecular weight excluding hydrogens is 490 g/mol. The van der Waals surface area contributed by atoms with E-state index in [2.05, 4.69) is 105 Å². The number of hydrogen-bond acceptors (Lipinski definition) is 3. The van der Waals surface area contributed by atoms with E-state index in [1.807, 2.05) is 18.3 Å². The highest BCUT2D eigenvalue weighted by molar-refractivity contribution is 6.36. The summed E-state index contributed by atoms with van der Waals surface area (Å²) in [4.78, 5) is 14.2. The molecule has 0 aliphatic heterocycles. The molecule has 5 aromatic heterocycles. The predicted octanol–water partition coefficient (Wildman–Crippen LogP) is 8.43. The van der Waals surface area contributed by atoms with Crippen LogP contribution in [0.3, 0.4) is 0 Å². The van der Waals surface area contributed by atoms with E-state index in [4.69, 9.17) is 9.97 Å². The molecule has 0 saturated carbocycles. The number of pyridine rings is 1. The Kier molecular flexibility index (Phi) is 3.62. The summed E-state index contributed by atoms with van der Waals surface area (Å²) in [6.07, 6.45) is 3.60. The van der Waals surface area contributed by atoms with Crippen LogP contribution >= 0.6 is 0 Å². The zero-order chi connectivity index (χ0) is 25.9. The maximum atomic E-state index is 4.99. The Balaban J connectivity index is 1.51. The van der Waals surface area contributed by atoms with Crippen LogP contribution in [-0.4, -0.2) is 23.9 Å². The molecule has 0 saturated heterocycles. The predicted molar refractivity (Wildman–Crippen MR) is 164 cm³/mol. The van der Waals surface area contributed by atoms with E-state index in [0.29, 0.717) is 5.95 Å². The van der Waals surface area contributed by atoms with Crippen LogP contribution < -0.4 is 0 Å². The lowest BCUT2D eigenvalue weighted by atomic mass is 10.0. The fourth-order valence-electron chi connectivity index (χ4n) is 6.88. The topological polar surface area (TPSA) is 48.0 Å². The lowest BCUT2D eigenvalue weighted by molar-refractivity contribution is 1.01. The molecule has 0 radical (unpaired) electrons. The molecule has 5 nitrogen and oxygen atoms in total. The van der Waals surface area contributed by atoms with Crippen LogP contribution in [0.2, 0.25) is 0 Å². The molecule has 0 aliphatic carbocycles. The average Bonchev–Trinajstić information content (AvgIpc) is 3.63. The van der Waals surface area contributed by atoms with E-state index < -0.39 is 0 Å². The molecular formula is C35H19N5. The number of fused-ring (bicyclic) bond motifs is 12. The zero-order valence-corrected chi connectivity index (χ0v) is 21.2. The summed E-state index contributed by atoms with van der Waals surface area (Å²) in [6, 6.07) is 37.0. The molecule has 0 aliphatic rings. The van der Waals surface area contributed by atoms with Crippen molar-refractivity contribution in [2.45, 2.75) is 0 Å². The van der Waals surface area contributed by atoms with Crippen molar-refractivity contribution in [3.63, 3.8) is 0 Å². The van der Waals surface area contributed by atoms with Gasteiger partial charge in [0.1, 0.15) is 5.52 Å². The monoisotopic (exact) mass is 509 g/mol. The molecule has 0 N–H and O–H groups in total. The van der Waals surface area contributed by atoms with Crippen molar-refractivity contribution >= 4 is 81.7 Å². The Morgan fingerprint density at radius 3 is 2.17 bits per heavy atom. The molecule has 5 heterocycles. The zero-order valence-electron chi connectivity index (χ0n) is 21.2. The molecule has 5 heteroatoms. The van der Waals surface area contributed by atoms with Crippen LogP contribution in [0.4, 0.5) is 0 Å². The fraction of sp³-hybridized carbons (Fsp3) is 0. The summed E-state index contributed by atoms with van der Waals surface area (Å²) < 4.78 is 4.68. The normalized spacial score (nSPS) is 12.5. The van der Waals surface area contributed by atoms with Gasteiger partial charge in [-0.2, -0.15) is 0 Å². The number of hydrogen-bond donors (Lipinski definition) is 0. The lowest BCUT2D eigenvalue weighted by Gasteiger charge is -2.07. The molecule has 5 aromatic carbocycles. The van der Waals surface area contributed by atoms with Crippen LogP contribution in [0.15, 0.2) is 116 Å². The van der Waals surface area contributed by atoms with Gasteiger partial charge in [-0.25, -0.2) is 9.97 Å². The van der Waals surface area contributed by atoms with E-state index in [1.54, 1.807) is 6.20 Å². The fourth-order valence-corrected chi connectivity index (χ4v) is 6.88. The van der Waals surface area contributed by atoms with Crippen molar-refractivity contribution in [3.8, 4) is 5.95 Å². The average molecular weight is 510 g/mol. The van der Waals surface area contributed by atoms with Crippen molar-refractivity contribution in [1.82, 2.24) is 23.9 Å². The Hall–Kier alpha value is -5.55. The summed E-state index contributed by atoms with van der Waals surface area (Å²) in [6.45, 7) is 0.